The van der Waals surface area contributed by atoms with Gasteiger partial charge in [0.2, 0.25) is 13.3 Å². The van der Waals surface area contributed by atoms with E-state index in [0.717, 1.165) is 25.5 Å². The van der Waals surface area contributed by atoms with Gasteiger partial charge in [-0.2, -0.15) is 0 Å². The molecule has 0 saturated carbocycles. The predicted octanol–water partition coefficient (Wildman–Crippen LogP) is -0.591. The molecule has 10 nitrogen and oxygen atoms in total. The Bertz CT molecular complexity index is 627. The summed E-state index contributed by atoms with van der Waals surface area (Å²) in [7, 11) is -7.95. The first-order valence-electron chi connectivity index (χ1n) is 6.81. The number of likely N-dealkylation sites (N-methyl/N-ethyl adjacent to an activating group) is 1. The van der Waals surface area contributed by atoms with Gasteiger partial charge >= 0.3 is 7.60 Å². The van der Waals surface area contributed by atoms with Gasteiger partial charge in [0.25, 0.3) is 5.08 Å². The molecular formula is C11H20N4O6P2. The summed E-state index contributed by atoms with van der Waals surface area (Å²) in [6.07, 6.45) is 1.96. The Morgan fingerprint density at radius 3 is 1.96 bits per heavy atom. The van der Waals surface area contributed by atoms with Crippen LogP contribution < -0.4 is 4.90 Å². The standard InChI is InChI=1S/C11H20N4O6P2/c1-14-3-5-15(6-4-14)10-12-7-9(8-13-10)11(16,22(2,17)18)23(19,20)21/h7-8,16H,3-6H2,1-2H3,(H,17,18)(H2,19,20,21). The van der Waals surface area contributed by atoms with Gasteiger partial charge < -0.3 is 29.6 Å². The molecule has 2 atom stereocenters. The zero-order valence-electron chi connectivity index (χ0n) is 12.8. The van der Waals surface area contributed by atoms with Gasteiger partial charge in [-0.05, 0) is 7.05 Å². The molecule has 0 aromatic carbocycles. The van der Waals surface area contributed by atoms with E-state index in [-0.39, 0.29) is 0 Å². The van der Waals surface area contributed by atoms with Crippen LogP contribution in [0.25, 0.3) is 0 Å². The third-order valence-corrected chi connectivity index (χ3v) is 8.18. The van der Waals surface area contributed by atoms with E-state index in [1.165, 1.54) is 0 Å². The molecule has 1 aromatic rings. The minimum absolute atomic E-state index is 0.332. The fourth-order valence-electron chi connectivity index (χ4n) is 2.31. The highest BCUT2D eigenvalue weighted by Crippen LogP contribution is 2.72. The van der Waals surface area contributed by atoms with E-state index in [9.17, 15) is 28.9 Å². The fraction of sp³-hybridized carbons (Fsp3) is 0.636. The molecule has 2 rings (SSSR count). The molecule has 1 saturated heterocycles. The van der Waals surface area contributed by atoms with E-state index in [0.29, 0.717) is 25.7 Å². The Kier molecular flexibility index (Phi) is 4.99. The maximum Gasteiger partial charge on any atom is 0.371 e. The Hall–Kier alpha value is -0.860. The van der Waals surface area contributed by atoms with Gasteiger partial charge in [-0.1, -0.05) is 0 Å². The van der Waals surface area contributed by atoms with Crippen LogP contribution in [0.4, 0.5) is 5.95 Å². The lowest BCUT2D eigenvalue weighted by molar-refractivity contribution is 0.149. The summed E-state index contributed by atoms with van der Waals surface area (Å²) in [5.41, 5.74) is -0.489. The molecule has 12 heteroatoms. The number of piperazine rings is 1. The molecule has 0 amide bonds. The molecule has 1 aliphatic heterocycles. The van der Waals surface area contributed by atoms with Crippen LogP contribution in [-0.2, 0) is 14.2 Å². The molecule has 0 aliphatic carbocycles. The molecule has 4 N–H and O–H groups in total. The number of rotatable bonds is 4. The maximum atomic E-state index is 11.8. The van der Waals surface area contributed by atoms with Crippen molar-refractivity contribution < 1.29 is 28.9 Å². The lowest BCUT2D eigenvalue weighted by Gasteiger charge is -2.33. The lowest BCUT2D eigenvalue weighted by Crippen LogP contribution is -2.45. The highest BCUT2D eigenvalue weighted by molar-refractivity contribution is 7.73. The largest absolute Gasteiger partial charge is 0.371 e. The summed E-state index contributed by atoms with van der Waals surface area (Å²) in [4.78, 5) is 40.3. The Balaban J connectivity index is 2.34. The second kappa shape index (κ2) is 6.22. The monoisotopic (exact) mass is 366 g/mol. The zero-order valence-corrected chi connectivity index (χ0v) is 14.6. The van der Waals surface area contributed by atoms with Crippen molar-refractivity contribution in [2.45, 2.75) is 5.08 Å². The topological polar surface area (TPSA) is 147 Å². The summed E-state index contributed by atoms with van der Waals surface area (Å²) in [6.45, 7) is 3.69. The number of hydrogen-bond donors (Lipinski definition) is 4. The molecule has 0 radical (unpaired) electrons. The summed E-state index contributed by atoms with van der Waals surface area (Å²) in [5.74, 6) is 0.332. The first-order valence-corrected chi connectivity index (χ1v) is 10.5. The molecule has 1 aromatic heterocycles. The molecule has 1 aliphatic rings. The lowest BCUT2D eigenvalue weighted by atomic mass is 10.3. The first-order chi connectivity index (χ1) is 10.5. The molecule has 0 bridgehead atoms. The molecule has 1 fully saturated rings. The Labute approximate surface area is 133 Å². The fourth-order valence-corrected chi connectivity index (χ4v) is 5.29. The normalized spacial score (nSPS) is 22.4. The minimum Gasteiger partial charge on any atom is -0.366 e. The van der Waals surface area contributed by atoms with Crippen molar-refractivity contribution in [3.05, 3.63) is 18.0 Å². The van der Waals surface area contributed by atoms with E-state index in [4.69, 9.17) is 0 Å². The third kappa shape index (κ3) is 3.49. The van der Waals surface area contributed by atoms with E-state index >= 15 is 0 Å². The van der Waals surface area contributed by atoms with Crippen molar-refractivity contribution in [1.29, 1.82) is 0 Å². The third-order valence-electron chi connectivity index (χ3n) is 3.80. The van der Waals surface area contributed by atoms with Gasteiger partial charge in [-0.3, -0.25) is 9.13 Å². The highest BCUT2D eigenvalue weighted by Gasteiger charge is 2.58. The van der Waals surface area contributed by atoms with Gasteiger partial charge in [0.05, 0.1) is 0 Å². The van der Waals surface area contributed by atoms with Gasteiger partial charge in [0, 0.05) is 50.8 Å². The van der Waals surface area contributed by atoms with E-state index in [2.05, 4.69) is 14.9 Å². The minimum atomic E-state index is -5.34. The van der Waals surface area contributed by atoms with Gasteiger partial charge in [-0.25, -0.2) is 9.97 Å². The van der Waals surface area contributed by atoms with Crippen LogP contribution in [0.2, 0.25) is 0 Å². The van der Waals surface area contributed by atoms with Crippen LogP contribution >= 0.6 is 15.0 Å². The highest BCUT2D eigenvalue weighted by atomic mass is 31.2. The van der Waals surface area contributed by atoms with Crippen LogP contribution in [0, 0.1) is 0 Å². The number of aromatic nitrogens is 2. The molecular weight excluding hydrogens is 346 g/mol. The van der Waals surface area contributed by atoms with Crippen LogP contribution in [0.3, 0.4) is 0 Å². The average Bonchev–Trinajstić information content (AvgIpc) is 2.45. The van der Waals surface area contributed by atoms with Gasteiger partial charge in [-0.15, -0.1) is 0 Å². The molecule has 130 valence electrons. The number of anilines is 1. The van der Waals surface area contributed by atoms with Crippen LogP contribution in [-0.4, -0.2) is 74.5 Å². The second-order valence-electron chi connectivity index (χ2n) is 5.62. The summed E-state index contributed by atoms with van der Waals surface area (Å²) in [6, 6.07) is 0. The SMILES string of the molecule is CN1CCN(c2ncc(C(O)(P(C)(=O)O)P(=O)(O)O)cn2)CC1. The predicted molar refractivity (Wildman–Crippen MR) is 83.4 cm³/mol. The van der Waals surface area contributed by atoms with Crippen molar-refractivity contribution in [3.63, 3.8) is 0 Å². The average molecular weight is 366 g/mol. The molecule has 2 heterocycles. The first kappa shape index (κ1) is 18.5. The second-order valence-corrected chi connectivity index (χ2v) is 10.1. The summed E-state index contributed by atoms with van der Waals surface area (Å²) in [5, 5.41) is 6.99. The van der Waals surface area contributed by atoms with Crippen molar-refractivity contribution in [2.75, 3.05) is 44.8 Å². The summed E-state index contributed by atoms with van der Waals surface area (Å²) >= 11 is 0. The number of hydrogen-bond acceptors (Lipinski definition) is 7. The zero-order chi connectivity index (χ0) is 17.5. The van der Waals surface area contributed by atoms with Crippen LogP contribution in [0.15, 0.2) is 12.4 Å². The molecule has 2 unspecified atom stereocenters. The maximum absolute atomic E-state index is 11.8. The molecule has 0 spiro atoms. The van der Waals surface area contributed by atoms with Crippen molar-refractivity contribution in [2.24, 2.45) is 0 Å². The van der Waals surface area contributed by atoms with Crippen LogP contribution in [0.5, 0.6) is 0 Å². The van der Waals surface area contributed by atoms with E-state index < -0.39 is 25.6 Å². The smallest absolute Gasteiger partial charge is 0.366 e. The van der Waals surface area contributed by atoms with Crippen molar-refractivity contribution in [1.82, 2.24) is 14.9 Å². The Morgan fingerprint density at radius 2 is 1.57 bits per heavy atom. The van der Waals surface area contributed by atoms with Crippen molar-refractivity contribution >= 4 is 20.9 Å². The number of aliphatic hydroxyl groups is 1. The van der Waals surface area contributed by atoms with Crippen LogP contribution in [0.1, 0.15) is 5.56 Å². The van der Waals surface area contributed by atoms with Gasteiger partial charge in [0.15, 0.2) is 0 Å². The quantitative estimate of drug-likeness (QED) is 0.510. The van der Waals surface area contributed by atoms with E-state index in [1.54, 1.807) is 0 Å². The van der Waals surface area contributed by atoms with E-state index in [1.807, 2.05) is 11.9 Å². The van der Waals surface area contributed by atoms with Gasteiger partial charge in [0.1, 0.15) is 0 Å². The summed E-state index contributed by atoms with van der Waals surface area (Å²) < 4.78 is 23.4. The number of nitrogens with zero attached hydrogens (tertiary/aromatic N) is 4. The Morgan fingerprint density at radius 1 is 1.09 bits per heavy atom. The molecule has 23 heavy (non-hydrogen) atoms. The van der Waals surface area contributed by atoms with Crippen molar-refractivity contribution in [3.8, 4) is 0 Å².